The van der Waals surface area contributed by atoms with E-state index in [1.165, 1.54) is 0 Å². The molecule has 0 aromatic heterocycles. The molecule has 2 aromatic rings. The lowest BCUT2D eigenvalue weighted by molar-refractivity contribution is 0.0697. The zero-order chi connectivity index (χ0) is 16.1. The van der Waals surface area contributed by atoms with Gasteiger partial charge in [0, 0.05) is 16.0 Å². The molecule has 0 saturated carbocycles. The molecule has 0 aliphatic carbocycles. The fourth-order valence-electron chi connectivity index (χ4n) is 2.04. The molecule has 2 aromatic carbocycles. The van der Waals surface area contributed by atoms with Gasteiger partial charge in [-0.15, -0.1) is 0 Å². The van der Waals surface area contributed by atoms with Gasteiger partial charge in [-0.3, -0.25) is 0 Å². The van der Waals surface area contributed by atoms with Crippen molar-refractivity contribution in [2.45, 2.75) is 12.6 Å². The topological polar surface area (TPSA) is 69.6 Å². The number of halogens is 2. The second-order valence-electron chi connectivity index (χ2n) is 4.78. The lowest BCUT2D eigenvalue weighted by Gasteiger charge is -2.17. The molecule has 0 spiro atoms. The lowest BCUT2D eigenvalue weighted by Crippen LogP contribution is -2.24. The Morgan fingerprint density at radius 3 is 2.45 bits per heavy atom. The highest BCUT2D eigenvalue weighted by atomic mass is 79.9. The van der Waals surface area contributed by atoms with E-state index in [0.717, 1.165) is 11.1 Å². The standard InChI is InChI=1S/C16H15BrClNO3/c17-14-7-11(16(21)22)1-2-12(14)8-19-15(9-20)10-3-5-13(18)6-4-10/h1-7,15,19-20H,8-9H2,(H,21,22). The SMILES string of the molecule is O=C(O)c1ccc(CNC(CO)c2ccc(Cl)cc2)c(Br)c1. The third-order valence-corrected chi connectivity index (χ3v) is 4.28. The Morgan fingerprint density at radius 1 is 1.23 bits per heavy atom. The minimum atomic E-state index is -0.963. The highest BCUT2D eigenvalue weighted by Gasteiger charge is 2.12. The molecule has 6 heteroatoms. The quantitative estimate of drug-likeness (QED) is 0.711. The van der Waals surface area contributed by atoms with E-state index < -0.39 is 5.97 Å². The highest BCUT2D eigenvalue weighted by molar-refractivity contribution is 9.10. The van der Waals surface area contributed by atoms with Crippen LogP contribution in [0.2, 0.25) is 5.02 Å². The number of aliphatic hydroxyl groups excluding tert-OH is 1. The number of carbonyl (C=O) groups is 1. The number of aliphatic hydroxyl groups is 1. The molecule has 0 saturated heterocycles. The Bertz CT molecular complexity index is 661. The van der Waals surface area contributed by atoms with E-state index in [1.807, 2.05) is 12.1 Å². The van der Waals surface area contributed by atoms with Gasteiger partial charge in [0.05, 0.1) is 18.2 Å². The van der Waals surface area contributed by atoms with Crippen LogP contribution in [0.15, 0.2) is 46.9 Å². The number of nitrogens with one attached hydrogen (secondary N) is 1. The van der Waals surface area contributed by atoms with Crippen molar-refractivity contribution < 1.29 is 15.0 Å². The van der Waals surface area contributed by atoms with Crippen molar-refractivity contribution in [2.75, 3.05) is 6.61 Å². The fourth-order valence-corrected chi connectivity index (χ4v) is 2.68. The molecule has 22 heavy (non-hydrogen) atoms. The van der Waals surface area contributed by atoms with Crippen LogP contribution in [0, 0.1) is 0 Å². The third kappa shape index (κ3) is 4.30. The number of carboxylic acids is 1. The predicted molar refractivity (Wildman–Crippen MR) is 89.2 cm³/mol. The van der Waals surface area contributed by atoms with E-state index in [2.05, 4.69) is 21.2 Å². The molecule has 0 aliphatic rings. The largest absolute Gasteiger partial charge is 0.478 e. The number of aromatic carboxylic acids is 1. The minimum Gasteiger partial charge on any atom is -0.478 e. The maximum Gasteiger partial charge on any atom is 0.335 e. The first kappa shape index (κ1) is 17.0. The van der Waals surface area contributed by atoms with Crippen molar-refractivity contribution in [1.82, 2.24) is 5.32 Å². The maximum atomic E-state index is 10.9. The molecular formula is C16H15BrClNO3. The highest BCUT2D eigenvalue weighted by Crippen LogP contribution is 2.21. The van der Waals surface area contributed by atoms with Gasteiger partial charge in [-0.25, -0.2) is 4.79 Å². The number of benzene rings is 2. The summed E-state index contributed by atoms with van der Waals surface area (Å²) in [5.41, 5.74) is 2.08. The summed E-state index contributed by atoms with van der Waals surface area (Å²) in [4.78, 5) is 10.9. The van der Waals surface area contributed by atoms with E-state index >= 15 is 0 Å². The summed E-state index contributed by atoms with van der Waals surface area (Å²) in [7, 11) is 0. The smallest absolute Gasteiger partial charge is 0.335 e. The van der Waals surface area contributed by atoms with Gasteiger partial charge < -0.3 is 15.5 Å². The van der Waals surface area contributed by atoms with Crippen LogP contribution in [-0.4, -0.2) is 22.8 Å². The van der Waals surface area contributed by atoms with Crippen molar-refractivity contribution in [3.8, 4) is 0 Å². The van der Waals surface area contributed by atoms with Crippen LogP contribution in [0.25, 0.3) is 0 Å². The van der Waals surface area contributed by atoms with E-state index in [9.17, 15) is 9.90 Å². The molecule has 0 bridgehead atoms. The average Bonchev–Trinajstić information content (AvgIpc) is 2.50. The van der Waals surface area contributed by atoms with Gasteiger partial charge in [-0.05, 0) is 35.4 Å². The molecule has 0 fully saturated rings. The molecule has 116 valence electrons. The number of rotatable bonds is 6. The number of carboxylic acid groups (broad SMARTS) is 1. The first-order valence-electron chi connectivity index (χ1n) is 6.62. The van der Waals surface area contributed by atoms with E-state index in [-0.39, 0.29) is 18.2 Å². The van der Waals surface area contributed by atoms with Crippen molar-refractivity contribution in [2.24, 2.45) is 0 Å². The van der Waals surface area contributed by atoms with Crippen LogP contribution in [0.5, 0.6) is 0 Å². The first-order chi connectivity index (χ1) is 10.5. The number of hydrogen-bond donors (Lipinski definition) is 3. The fraction of sp³-hybridized carbons (Fsp3) is 0.188. The molecule has 0 aliphatic heterocycles. The molecule has 0 radical (unpaired) electrons. The molecule has 1 unspecified atom stereocenters. The Labute approximate surface area is 141 Å². The van der Waals surface area contributed by atoms with Crippen molar-refractivity contribution in [1.29, 1.82) is 0 Å². The summed E-state index contributed by atoms with van der Waals surface area (Å²) in [6.45, 7) is 0.445. The van der Waals surface area contributed by atoms with Gasteiger partial charge in [0.1, 0.15) is 0 Å². The van der Waals surface area contributed by atoms with Crippen LogP contribution in [-0.2, 0) is 6.54 Å². The van der Waals surface area contributed by atoms with Gasteiger partial charge >= 0.3 is 5.97 Å². The monoisotopic (exact) mass is 383 g/mol. The van der Waals surface area contributed by atoms with Gasteiger partial charge in [-0.1, -0.05) is 45.7 Å². The zero-order valence-electron chi connectivity index (χ0n) is 11.6. The van der Waals surface area contributed by atoms with E-state index in [0.29, 0.717) is 16.0 Å². The van der Waals surface area contributed by atoms with E-state index in [1.54, 1.807) is 30.3 Å². The number of hydrogen-bond acceptors (Lipinski definition) is 3. The Balaban J connectivity index is 2.07. The second kappa shape index (κ2) is 7.74. The molecule has 2 rings (SSSR count). The minimum absolute atomic E-state index is 0.0491. The van der Waals surface area contributed by atoms with Gasteiger partial charge in [-0.2, -0.15) is 0 Å². The Hall–Kier alpha value is -1.40. The third-order valence-electron chi connectivity index (χ3n) is 3.29. The summed E-state index contributed by atoms with van der Waals surface area (Å²) in [6.07, 6.45) is 0. The van der Waals surface area contributed by atoms with Crippen LogP contribution in [0.1, 0.15) is 27.5 Å². The molecule has 4 nitrogen and oxygen atoms in total. The second-order valence-corrected chi connectivity index (χ2v) is 6.07. The lowest BCUT2D eigenvalue weighted by atomic mass is 10.1. The molecule has 0 amide bonds. The summed E-state index contributed by atoms with van der Waals surface area (Å²) < 4.78 is 0.715. The van der Waals surface area contributed by atoms with Gasteiger partial charge in [0.25, 0.3) is 0 Å². The van der Waals surface area contributed by atoms with E-state index in [4.69, 9.17) is 16.7 Å². The van der Waals surface area contributed by atoms with Crippen LogP contribution < -0.4 is 5.32 Å². The molecule has 3 N–H and O–H groups in total. The maximum absolute atomic E-state index is 10.9. The predicted octanol–water partition coefficient (Wildman–Crippen LogP) is 3.62. The zero-order valence-corrected chi connectivity index (χ0v) is 13.9. The van der Waals surface area contributed by atoms with Crippen LogP contribution >= 0.6 is 27.5 Å². The van der Waals surface area contributed by atoms with Gasteiger partial charge in [0.2, 0.25) is 0 Å². The summed E-state index contributed by atoms with van der Waals surface area (Å²) in [5, 5.41) is 22.4. The molecular weight excluding hydrogens is 370 g/mol. The van der Waals surface area contributed by atoms with Crippen LogP contribution in [0.4, 0.5) is 0 Å². The average molecular weight is 385 g/mol. The van der Waals surface area contributed by atoms with Crippen molar-refractivity contribution >= 4 is 33.5 Å². The van der Waals surface area contributed by atoms with Crippen molar-refractivity contribution in [3.63, 3.8) is 0 Å². The van der Waals surface area contributed by atoms with Crippen molar-refractivity contribution in [3.05, 3.63) is 68.7 Å². The molecule has 1 atom stereocenters. The summed E-state index contributed by atoms with van der Waals surface area (Å²) >= 11 is 9.23. The summed E-state index contributed by atoms with van der Waals surface area (Å²) in [6, 6.07) is 11.9. The normalized spacial score (nSPS) is 12.1. The first-order valence-corrected chi connectivity index (χ1v) is 7.79. The summed E-state index contributed by atoms with van der Waals surface area (Å²) in [5.74, 6) is -0.963. The Kier molecular flexibility index (Phi) is 5.97. The van der Waals surface area contributed by atoms with Gasteiger partial charge in [0.15, 0.2) is 0 Å². The van der Waals surface area contributed by atoms with Crippen LogP contribution in [0.3, 0.4) is 0 Å². The Morgan fingerprint density at radius 2 is 1.91 bits per heavy atom. The molecule has 0 heterocycles.